The SMILES string of the molecule is CC.Cc1cc(C(O)CCc2cc(-c3ccc(C(F)(F)F)cc3)nn2C(C)C)ccc1OC(C)(C)CO. The molecule has 0 radical (unpaired) electrons. The molecule has 0 bridgehead atoms. The van der Waals surface area contributed by atoms with Crippen LogP contribution >= 0.6 is 0 Å². The first-order valence-electron chi connectivity index (χ1n) is 12.7. The molecule has 0 aliphatic carbocycles. The van der Waals surface area contributed by atoms with Crippen molar-refractivity contribution in [3.8, 4) is 17.0 Å². The highest BCUT2D eigenvalue weighted by Gasteiger charge is 2.30. The fourth-order valence-corrected chi connectivity index (χ4v) is 3.81. The van der Waals surface area contributed by atoms with Crippen molar-refractivity contribution < 1.29 is 28.1 Å². The first-order valence-corrected chi connectivity index (χ1v) is 12.7. The lowest BCUT2D eigenvalue weighted by molar-refractivity contribution is -0.137. The van der Waals surface area contributed by atoms with Crippen LogP contribution in [0.25, 0.3) is 11.3 Å². The molecule has 1 heterocycles. The van der Waals surface area contributed by atoms with E-state index >= 15 is 0 Å². The molecule has 0 aliphatic rings. The van der Waals surface area contributed by atoms with E-state index in [1.54, 1.807) is 19.9 Å². The number of halogens is 3. The van der Waals surface area contributed by atoms with Crippen LogP contribution in [-0.4, -0.2) is 32.2 Å². The molecule has 0 saturated heterocycles. The van der Waals surface area contributed by atoms with Crippen LogP contribution in [0, 0.1) is 6.92 Å². The highest BCUT2D eigenvalue weighted by atomic mass is 19.4. The Kier molecular flexibility index (Phi) is 10.4. The average molecular weight is 521 g/mol. The minimum atomic E-state index is -4.38. The van der Waals surface area contributed by atoms with E-state index in [1.807, 2.05) is 57.5 Å². The Morgan fingerprint density at radius 2 is 1.62 bits per heavy atom. The van der Waals surface area contributed by atoms with Gasteiger partial charge in [0.25, 0.3) is 0 Å². The van der Waals surface area contributed by atoms with Gasteiger partial charge in [-0.3, -0.25) is 4.68 Å². The summed E-state index contributed by atoms with van der Waals surface area (Å²) in [7, 11) is 0. The van der Waals surface area contributed by atoms with E-state index in [0.717, 1.165) is 29.0 Å². The number of nitrogens with zero attached hydrogens (tertiary/aromatic N) is 2. The number of aliphatic hydroxyl groups is 2. The molecule has 1 unspecified atom stereocenters. The third kappa shape index (κ3) is 8.07. The quantitative estimate of drug-likeness (QED) is 0.311. The van der Waals surface area contributed by atoms with Crippen LogP contribution in [0.2, 0.25) is 0 Å². The number of alkyl halides is 3. The summed E-state index contributed by atoms with van der Waals surface area (Å²) in [5.74, 6) is 0.652. The first kappa shape index (κ1) is 30.4. The minimum Gasteiger partial charge on any atom is -0.485 e. The maximum Gasteiger partial charge on any atom is 0.416 e. The van der Waals surface area contributed by atoms with Crippen LogP contribution < -0.4 is 4.74 Å². The lowest BCUT2D eigenvalue weighted by atomic mass is 10.0. The summed E-state index contributed by atoms with van der Waals surface area (Å²) >= 11 is 0. The minimum absolute atomic E-state index is 0.0545. The van der Waals surface area contributed by atoms with Gasteiger partial charge in [0.1, 0.15) is 11.4 Å². The zero-order chi connectivity index (χ0) is 28.0. The van der Waals surface area contributed by atoms with Gasteiger partial charge < -0.3 is 14.9 Å². The zero-order valence-electron chi connectivity index (χ0n) is 22.7. The Hall–Kier alpha value is -2.84. The van der Waals surface area contributed by atoms with E-state index < -0.39 is 23.4 Å². The lowest BCUT2D eigenvalue weighted by Crippen LogP contribution is -2.32. The van der Waals surface area contributed by atoms with Crippen molar-refractivity contribution in [2.24, 2.45) is 0 Å². The van der Waals surface area contributed by atoms with Crippen molar-refractivity contribution in [1.29, 1.82) is 0 Å². The predicted molar refractivity (Wildman–Crippen MR) is 141 cm³/mol. The number of benzene rings is 2. The maximum absolute atomic E-state index is 12.9. The first-order chi connectivity index (χ1) is 17.3. The molecule has 2 N–H and O–H groups in total. The van der Waals surface area contributed by atoms with Gasteiger partial charge in [0.2, 0.25) is 0 Å². The van der Waals surface area contributed by atoms with Crippen LogP contribution in [0.5, 0.6) is 5.75 Å². The number of rotatable bonds is 9. The molecule has 0 saturated carbocycles. The molecule has 204 valence electrons. The molecule has 8 heteroatoms. The van der Waals surface area contributed by atoms with Crippen LogP contribution in [0.4, 0.5) is 13.2 Å². The number of ether oxygens (including phenoxy) is 1. The summed E-state index contributed by atoms with van der Waals surface area (Å²) in [6.45, 7) is 13.3. The number of aliphatic hydroxyl groups excluding tert-OH is 2. The molecule has 0 amide bonds. The van der Waals surface area contributed by atoms with Gasteiger partial charge in [-0.15, -0.1) is 0 Å². The molecule has 3 aromatic rings. The van der Waals surface area contributed by atoms with E-state index in [9.17, 15) is 23.4 Å². The molecule has 1 aromatic heterocycles. The summed E-state index contributed by atoms with van der Waals surface area (Å²) in [4.78, 5) is 0. The topological polar surface area (TPSA) is 67.5 Å². The van der Waals surface area contributed by atoms with E-state index in [-0.39, 0.29) is 12.6 Å². The summed E-state index contributed by atoms with van der Waals surface area (Å²) < 4.78 is 46.4. The third-order valence-corrected chi connectivity index (χ3v) is 5.83. The Labute approximate surface area is 217 Å². The standard InChI is InChI=1S/C27H33F3N2O3.C2H6/c1-17(2)32-22(15-23(31-32)19-6-9-21(10-7-19)27(28,29)30)11-12-24(34)20-8-13-25(18(3)14-20)35-26(4,5)16-33;1-2/h6-10,13-15,17,24,33-34H,11-12,16H2,1-5H3;1-2H3. The van der Waals surface area contributed by atoms with Crippen molar-refractivity contribution in [1.82, 2.24) is 9.78 Å². The van der Waals surface area contributed by atoms with Gasteiger partial charge >= 0.3 is 6.18 Å². The lowest BCUT2D eigenvalue weighted by Gasteiger charge is -2.25. The van der Waals surface area contributed by atoms with Crippen LogP contribution in [0.15, 0.2) is 48.5 Å². The van der Waals surface area contributed by atoms with Crippen molar-refractivity contribution in [2.45, 2.75) is 85.2 Å². The van der Waals surface area contributed by atoms with E-state index in [1.165, 1.54) is 12.1 Å². The smallest absolute Gasteiger partial charge is 0.416 e. The zero-order valence-corrected chi connectivity index (χ0v) is 22.7. The van der Waals surface area contributed by atoms with E-state index in [4.69, 9.17) is 4.74 Å². The van der Waals surface area contributed by atoms with Crippen LogP contribution in [0.1, 0.15) is 82.5 Å². The fourth-order valence-electron chi connectivity index (χ4n) is 3.81. The van der Waals surface area contributed by atoms with Crippen LogP contribution in [0.3, 0.4) is 0 Å². The second kappa shape index (κ2) is 12.6. The fraction of sp³-hybridized carbons (Fsp3) is 0.483. The molecular formula is C29H39F3N2O3. The number of aryl methyl sites for hydroxylation is 2. The van der Waals surface area contributed by atoms with Crippen LogP contribution in [-0.2, 0) is 12.6 Å². The highest BCUT2D eigenvalue weighted by Crippen LogP contribution is 2.32. The van der Waals surface area contributed by atoms with Gasteiger partial charge in [-0.05, 0) is 88.9 Å². The van der Waals surface area contributed by atoms with Crippen molar-refractivity contribution in [3.05, 3.63) is 70.9 Å². The summed E-state index contributed by atoms with van der Waals surface area (Å²) in [6.07, 6.45) is -4.10. The van der Waals surface area contributed by atoms with Gasteiger partial charge in [0.15, 0.2) is 0 Å². The molecule has 3 rings (SSSR count). The largest absolute Gasteiger partial charge is 0.485 e. The molecule has 5 nitrogen and oxygen atoms in total. The summed E-state index contributed by atoms with van der Waals surface area (Å²) in [5.41, 5.74) is 2.33. The predicted octanol–water partition coefficient (Wildman–Crippen LogP) is 7.30. The van der Waals surface area contributed by atoms with Gasteiger partial charge in [0.05, 0.1) is 24.0 Å². The number of hydrogen-bond acceptors (Lipinski definition) is 4. The maximum atomic E-state index is 12.9. The van der Waals surface area contributed by atoms with Gasteiger partial charge in [-0.1, -0.05) is 32.0 Å². The summed E-state index contributed by atoms with van der Waals surface area (Å²) in [6, 6.07) is 12.4. The average Bonchev–Trinajstić information content (AvgIpc) is 3.29. The second-order valence-corrected chi connectivity index (χ2v) is 9.73. The normalized spacial score (nSPS) is 12.8. The van der Waals surface area contributed by atoms with E-state index in [2.05, 4.69) is 5.10 Å². The molecule has 0 spiro atoms. The third-order valence-electron chi connectivity index (χ3n) is 5.83. The summed E-state index contributed by atoms with van der Waals surface area (Å²) in [5, 5.41) is 24.9. The van der Waals surface area contributed by atoms with Gasteiger partial charge in [-0.25, -0.2) is 0 Å². The monoisotopic (exact) mass is 520 g/mol. The molecule has 2 aromatic carbocycles. The Balaban J connectivity index is 0.00000235. The second-order valence-electron chi connectivity index (χ2n) is 9.73. The number of aromatic nitrogens is 2. The molecule has 0 aliphatic heterocycles. The van der Waals surface area contributed by atoms with Crippen molar-refractivity contribution >= 4 is 0 Å². The Morgan fingerprint density at radius 3 is 2.14 bits per heavy atom. The molecule has 1 atom stereocenters. The Morgan fingerprint density at radius 1 is 1.00 bits per heavy atom. The van der Waals surface area contributed by atoms with Gasteiger partial charge in [0, 0.05) is 17.3 Å². The van der Waals surface area contributed by atoms with Gasteiger partial charge in [-0.2, -0.15) is 18.3 Å². The van der Waals surface area contributed by atoms with Crippen molar-refractivity contribution in [2.75, 3.05) is 6.61 Å². The highest BCUT2D eigenvalue weighted by molar-refractivity contribution is 5.60. The Bertz CT molecular complexity index is 1140. The molecule has 0 fully saturated rings. The van der Waals surface area contributed by atoms with E-state index in [0.29, 0.717) is 29.8 Å². The molecule has 37 heavy (non-hydrogen) atoms. The van der Waals surface area contributed by atoms with Crippen molar-refractivity contribution in [3.63, 3.8) is 0 Å². The number of hydrogen-bond donors (Lipinski definition) is 2. The molecular weight excluding hydrogens is 481 g/mol.